The van der Waals surface area contributed by atoms with Gasteiger partial charge in [0.25, 0.3) is 11.6 Å². The van der Waals surface area contributed by atoms with Gasteiger partial charge in [-0.2, -0.15) is 4.99 Å². The molecule has 1 saturated heterocycles. The van der Waals surface area contributed by atoms with Crippen LogP contribution in [-0.4, -0.2) is 37.1 Å². The van der Waals surface area contributed by atoms with E-state index in [0.717, 1.165) is 30.7 Å². The molecule has 0 atom stereocenters. The Hall–Kier alpha value is -2.85. The van der Waals surface area contributed by atoms with Gasteiger partial charge in [0.05, 0.1) is 15.4 Å². The van der Waals surface area contributed by atoms with Gasteiger partial charge in [0.2, 0.25) is 5.13 Å². The molecule has 1 aromatic heterocycles. The lowest BCUT2D eigenvalue weighted by atomic mass is 9.94. The van der Waals surface area contributed by atoms with Crippen LogP contribution in [0.25, 0.3) is 6.08 Å². The Morgan fingerprint density at radius 2 is 2.00 bits per heavy atom. The van der Waals surface area contributed by atoms with E-state index < -0.39 is 4.92 Å². The number of amides is 1. The van der Waals surface area contributed by atoms with E-state index in [1.807, 2.05) is 6.92 Å². The molecule has 0 bridgehead atoms. The van der Waals surface area contributed by atoms with Crippen LogP contribution in [0.2, 0.25) is 0 Å². The predicted octanol–water partition coefficient (Wildman–Crippen LogP) is 5.25. The summed E-state index contributed by atoms with van der Waals surface area (Å²) in [7, 11) is 0. The third kappa shape index (κ3) is 4.91. The van der Waals surface area contributed by atoms with E-state index >= 15 is 0 Å². The van der Waals surface area contributed by atoms with Crippen molar-refractivity contribution in [2.45, 2.75) is 45.1 Å². The lowest BCUT2D eigenvalue weighted by Gasteiger charge is -2.30. The zero-order chi connectivity index (χ0) is 21.8. The summed E-state index contributed by atoms with van der Waals surface area (Å²) in [5, 5.41) is 21.2. The van der Waals surface area contributed by atoms with Crippen molar-refractivity contribution in [2.75, 3.05) is 0 Å². The second kappa shape index (κ2) is 9.52. The number of para-hydroxylation sites is 1. The summed E-state index contributed by atoms with van der Waals surface area (Å²) in [5.41, 5.74) is 0.516. The number of thioether (sulfide) groups is 1. The fraction of sp³-hybridized carbons (Fsp3) is 0.333. The summed E-state index contributed by atoms with van der Waals surface area (Å²) in [5.74, 6) is -0.0795. The van der Waals surface area contributed by atoms with Gasteiger partial charge >= 0.3 is 0 Å². The molecule has 2 heterocycles. The fourth-order valence-corrected chi connectivity index (χ4v) is 5.30. The fourth-order valence-electron chi connectivity index (χ4n) is 3.69. The number of rotatable bonds is 5. The Morgan fingerprint density at radius 1 is 1.23 bits per heavy atom. The van der Waals surface area contributed by atoms with E-state index in [1.54, 1.807) is 41.3 Å². The molecule has 8 nitrogen and oxygen atoms in total. The van der Waals surface area contributed by atoms with Crippen LogP contribution >= 0.6 is 23.1 Å². The lowest BCUT2D eigenvalue weighted by Crippen LogP contribution is -2.40. The van der Waals surface area contributed by atoms with Crippen molar-refractivity contribution in [1.82, 2.24) is 15.1 Å². The van der Waals surface area contributed by atoms with Crippen molar-refractivity contribution in [3.63, 3.8) is 0 Å². The number of nitro groups is 1. The highest BCUT2D eigenvalue weighted by molar-refractivity contribution is 8.18. The molecule has 1 aliphatic heterocycles. The summed E-state index contributed by atoms with van der Waals surface area (Å²) < 4.78 is 0. The monoisotopic (exact) mass is 455 g/mol. The van der Waals surface area contributed by atoms with Crippen LogP contribution in [-0.2, 0) is 4.79 Å². The number of aryl methyl sites for hydroxylation is 1. The van der Waals surface area contributed by atoms with Crippen molar-refractivity contribution in [1.29, 1.82) is 0 Å². The highest BCUT2D eigenvalue weighted by atomic mass is 32.2. The topological polar surface area (TPSA) is 102 Å². The van der Waals surface area contributed by atoms with Crippen molar-refractivity contribution in [3.05, 3.63) is 62.0 Å². The first-order valence-electron chi connectivity index (χ1n) is 10.0. The van der Waals surface area contributed by atoms with Crippen molar-refractivity contribution >= 4 is 51.1 Å². The van der Waals surface area contributed by atoms with Crippen LogP contribution in [0, 0.1) is 17.0 Å². The number of nitro benzene ring substituents is 1. The molecular formula is C21H21N5O3S2. The number of carbonyl (C=O) groups excluding carboxylic acids is 1. The minimum Gasteiger partial charge on any atom is -0.283 e. The number of allylic oxidation sites excluding steroid dienone is 2. The number of amidine groups is 1. The zero-order valence-corrected chi connectivity index (χ0v) is 18.6. The molecule has 160 valence electrons. The van der Waals surface area contributed by atoms with Gasteiger partial charge in [-0.15, -0.1) is 10.2 Å². The average molecular weight is 456 g/mol. The number of carbonyl (C=O) groups is 1. The quantitative estimate of drug-likeness (QED) is 0.347. The smallest absolute Gasteiger partial charge is 0.276 e. The normalized spacial score (nSPS) is 20.4. The van der Waals surface area contributed by atoms with Crippen molar-refractivity contribution < 1.29 is 9.72 Å². The number of benzene rings is 1. The van der Waals surface area contributed by atoms with Gasteiger partial charge in [-0.25, -0.2) is 0 Å². The van der Waals surface area contributed by atoms with Crippen LogP contribution in [0.5, 0.6) is 0 Å². The molecule has 4 rings (SSSR count). The Labute approximate surface area is 187 Å². The van der Waals surface area contributed by atoms with E-state index in [-0.39, 0.29) is 17.6 Å². The first-order chi connectivity index (χ1) is 15.0. The summed E-state index contributed by atoms with van der Waals surface area (Å²) >= 11 is 2.70. The first-order valence-corrected chi connectivity index (χ1v) is 11.7. The zero-order valence-electron chi connectivity index (χ0n) is 16.9. The molecule has 2 aliphatic rings. The molecule has 1 amide bonds. The lowest BCUT2D eigenvalue weighted by molar-refractivity contribution is -0.385. The van der Waals surface area contributed by atoms with Gasteiger partial charge in [-0.3, -0.25) is 19.8 Å². The van der Waals surface area contributed by atoms with Gasteiger partial charge in [0.1, 0.15) is 5.01 Å². The molecule has 0 spiro atoms. The molecule has 10 heteroatoms. The van der Waals surface area contributed by atoms with Gasteiger partial charge in [0.15, 0.2) is 5.17 Å². The maximum Gasteiger partial charge on any atom is 0.276 e. The van der Waals surface area contributed by atoms with E-state index in [0.29, 0.717) is 20.8 Å². The van der Waals surface area contributed by atoms with Crippen molar-refractivity contribution in [3.8, 4) is 0 Å². The molecule has 1 aliphatic carbocycles. The van der Waals surface area contributed by atoms with Gasteiger partial charge < -0.3 is 0 Å². The SMILES string of the molecule is Cc1nnc(/N=C2/S/C(=C\C=C\c3ccccc3[N+](=O)[O-])C(=O)N2C2CCCCC2)s1. The summed E-state index contributed by atoms with van der Waals surface area (Å²) in [6.07, 6.45) is 10.3. The first kappa shape index (κ1) is 21.4. The van der Waals surface area contributed by atoms with Gasteiger partial charge in [-0.05, 0) is 49.7 Å². The van der Waals surface area contributed by atoms with Crippen LogP contribution < -0.4 is 0 Å². The largest absolute Gasteiger partial charge is 0.283 e. The second-order valence-corrected chi connectivity index (χ2v) is 9.44. The predicted molar refractivity (Wildman–Crippen MR) is 123 cm³/mol. The standard InChI is InChI=1S/C21H21N5O3S2/c1-14-23-24-20(30-14)22-21-25(16-10-3-2-4-11-16)19(27)18(31-21)13-7-9-15-8-5-6-12-17(15)26(28)29/h5-9,12-13,16H,2-4,10-11H2,1H3/b9-7+,18-13-,22-21+. The molecule has 2 fully saturated rings. The third-order valence-corrected chi connectivity index (χ3v) is 6.87. The van der Waals surface area contributed by atoms with Gasteiger partial charge in [0, 0.05) is 12.1 Å². The molecule has 0 unspecified atom stereocenters. The summed E-state index contributed by atoms with van der Waals surface area (Å²) in [6, 6.07) is 6.64. The van der Waals surface area contributed by atoms with Crippen LogP contribution in [0.3, 0.4) is 0 Å². The molecule has 1 aromatic carbocycles. The maximum absolute atomic E-state index is 13.2. The molecule has 1 saturated carbocycles. The Kier molecular flexibility index (Phi) is 6.57. The Balaban J connectivity index is 1.62. The number of aliphatic imine (C=N–C) groups is 1. The van der Waals surface area contributed by atoms with Crippen molar-refractivity contribution in [2.24, 2.45) is 4.99 Å². The molecule has 2 aromatic rings. The number of nitrogens with zero attached hydrogens (tertiary/aromatic N) is 5. The highest BCUT2D eigenvalue weighted by Gasteiger charge is 2.38. The molecular weight excluding hydrogens is 434 g/mol. The van der Waals surface area contributed by atoms with Gasteiger partial charge in [-0.1, -0.05) is 48.8 Å². The summed E-state index contributed by atoms with van der Waals surface area (Å²) in [4.78, 5) is 30.9. The average Bonchev–Trinajstić information content (AvgIpc) is 3.31. The molecule has 31 heavy (non-hydrogen) atoms. The minimum atomic E-state index is -0.415. The Morgan fingerprint density at radius 3 is 2.71 bits per heavy atom. The van der Waals surface area contributed by atoms with E-state index in [9.17, 15) is 14.9 Å². The van der Waals surface area contributed by atoms with Crippen LogP contribution in [0.15, 0.2) is 46.3 Å². The Bertz CT molecular complexity index is 1090. The highest BCUT2D eigenvalue weighted by Crippen LogP contribution is 2.38. The molecule has 0 N–H and O–H groups in total. The van der Waals surface area contributed by atoms with E-state index in [2.05, 4.69) is 15.2 Å². The molecule has 0 radical (unpaired) electrons. The number of hydrogen-bond donors (Lipinski definition) is 0. The minimum absolute atomic E-state index is 0.0280. The number of aromatic nitrogens is 2. The summed E-state index contributed by atoms with van der Waals surface area (Å²) in [6.45, 7) is 1.87. The van der Waals surface area contributed by atoms with E-state index in [1.165, 1.54) is 35.6 Å². The second-order valence-electron chi connectivity index (χ2n) is 7.27. The third-order valence-electron chi connectivity index (χ3n) is 5.14. The van der Waals surface area contributed by atoms with E-state index in [4.69, 9.17) is 0 Å². The number of hydrogen-bond acceptors (Lipinski definition) is 8. The van der Waals surface area contributed by atoms with Crippen LogP contribution in [0.4, 0.5) is 10.8 Å². The maximum atomic E-state index is 13.2. The van der Waals surface area contributed by atoms with Crippen LogP contribution in [0.1, 0.15) is 42.7 Å².